The fraction of sp³-hybridized carbons (Fsp3) is 0.278. The van der Waals surface area contributed by atoms with Crippen LogP contribution >= 0.6 is 0 Å². The normalized spacial score (nSPS) is 19.8. The summed E-state index contributed by atoms with van der Waals surface area (Å²) >= 11 is 0. The monoisotopic (exact) mass is 402 g/mol. The van der Waals surface area contributed by atoms with E-state index in [2.05, 4.69) is 5.32 Å². The number of nitrogens with zero attached hydrogens (tertiary/aromatic N) is 3. The van der Waals surface area contributed by atoms with Gasteiger partial charge < -0.3 is 9.73 Å². The number of benzene rings is 1. The molecule has 10 heteroatoms. The summed E-state index contributed by atoms with van der Waals surface area (Å²) in [6, 6.07) is 10.5. The van der Waals surface area contributed by atoms with Crippen LogP contribution in [0.25, 0.3) is 0 Å². The molecule has 2 aromatic rings. The Morgan fingerprint density at radius 3 is 2.61 bits per heavy atom. The topological polar surface area (TPSA) is 124 Å². The zero-order chi connectivity index (χ0) is 20.7. The molecule has 1 saturated heterocycles. The van der Waals surface area contributed by atoms with Gasteiger partial charge in [0.2, 0.25) is 5.09 Å². The Morgan fingerprint density at radius 2 is 1.96 bits per heavy atom. The van der Waals surface area contributed by atoms with Crippen LogP contribution in [0.2, 0.25) is 0 Å². The van der Waals surface area contributed by atoms with Crippen LogP contribution in [0.15, 0.2) is 45.9 Å². The summed E-state index contributed by atoms with van der Waals surface area (Å²) in [4.78, 5) is 26.3. The number of sulfonamides is 1. The molecule has 1 N–H and O–H groups in total. The maximum Gasteiger partial charge on any atom is 0.325 e. The summed E-state index contributed by atoms with van der Waals surface area (Å²) in [6.45, 7) is 1.33. The highest BCUT2D eigenvalue weighted by Gasteiger charge is 2.49. The molecule has 146 valence electrons. The molecule has 3 amide bonds. The minimum absolute atomic E-state index is 0.152. The standard InChI is InChI=1S/C18H18N4O5S/c1-18(13-6-4-5-12(9-13)10-19)16(23)22(17(24)20-18)11-14-7-8-15(27-14)28(25,26)21(2)3/h4-9H,11H2,1-3H3,(H,20,24). The molecule has 0 aliphatic carbocycles. The molecule has 1 fully saturated rings. The van der Waals surface area contributed by atoms with Gasteiger partial charge in [-0.2, -0.15) is 5.26 Å². The molecule has 0 saturated carbocycles. The molecular formula is C18H18N4O5S. The molecule has 0 spiro atoms. The van der Waals surface area contributed by atoms with Gasteiger partial charge in [0.05, 0.1) is 18.2 Å². The van der Waals surface area contributed by atoms with Crippen LogP contribution in [0.5, 0.6) is 0 Å². The SMILES string of the molecule is CN(C)S(=O)(=O)c1ccc(CN2C(=O)NC(C)(c3cccc(C#N)c3)C2=O)o1. The smallest absolute Gasteiger partial charge is 0.325 e. The lowest BCUT2D eigenvalue weighted by Gasteiger charge is -2.22. The third-order valence-corrected chi connectivity index (χ3v) is 6.22. The first-order valence-corrected chi connectivity index (χ1v) is 9.69. The highest BCUT2D eigenvalue weighted by Crippen LogP contribution is 2.30. The Kier molecular flexibility index (Phi) is 4.74. The fourth-order valence-corrected chi connectivity index (χ4v) is 3.67. The Bertz CT molecular complexity index is 1100. The second-order valence-corrected chi connectivity index (χ2v) is 8.73. The van der Waals surface area contributed by atoms with Crippen LogP contribution < -0.4 is 5.32 Å². The zero-order valence-corrected chi connectivity index (χ0v) is 16.3. The second kappa shape index (κ2) is 6.78. The number of nitrogens with one attached hydrogen (secondary N) is 1. The fourth-order valence-electron chi connectivity index (χ4n) is 2.85. The second-order valence-electron chi connectivity index (χ2n) is 6.65. The lowest BCUT2D eigenvalue weighted by atomic mass is 9.91. The van der Waals surface area contributed by atoms with Crippen molar-refractivity contribution in [3.63, 3.8) is 0 Å². The van der Waals surface area contributed by atoms with Gasteiger partial charge in [0.15, 0.2) is 0 Å². The number of nitriles is 1. The van der Waals surface area contributed by atoms with E-state index in [0.29, 0.717) is 11.1 Å². The number of amides is 3. The summed E-state index contributed by atoms with van der Waals surface area (Å²) in [5.41, 5.74) is -0.499. The molecular weight excluding hydrogens is 384 g/mol. The average Bonchev–Trinajstić information content (AvgIpc) is 3.22. The minimum atomic E-state index is -3.76. The van der Waals surface area contributed by atoms with Crippen LogP contribution in [0, 0.1) is 11.3 Å². The molecule has 1 aliphatic heterocycles. The Morgan fingerprint density at radius 1 is 1.25 bits per heavy atom. The quantitative estimate of drug-likeness (QED) is 0.754. The van der Waals surface area contributed by atoms with E-state index in [0.717, 1.165) is 9.21 Å². The van der Waals surface area contributed by atoms with Gasteiger partial charge in [-0.3, -0.25) is 9.69 Å². The number of hydrogen-bond acceptors (Lipinski definition) is 6. The number of furan rings is 1. The first-order valence-electron chi connectivity index (χ1n) is 8.25. The van der Waals surface area contributed by atoms with Crippen molar-refractivity contribution in [2.24, 2.45) is 0 Å². The van der Waals surface area contributed by atoms with Crippen LogP contribution in [0.1, 0.15) is 23.8 Å². The molecule has 9 nitrogen and oxygen atoms in total. The first-order chi connectivity index (χ1) is 13.1. The molecule has 1 atom stereocenters. The van der Waals surface area contributed by atoms with Crippen LogP contribution in [0.3, 0.4) is 0 Å². The summed E-state index contributed by atoms with van der Waals surface area (Å²) in [6.07, 6.45) is 0. The van der Waals surface area contributed by atoms with Gasteiger partial charge in [-0.25, -0.2) is 17.5 Å². The van der Waals surface area contributed by atoms with Crippen LogP contribution in [-0.2, 0) is 26.9 Å². The van der Waals surface area contributed by atoms with Gasteiger partial charge in [0, 0.05) is 14.1 Å². The molecule has 1 aromatic carbocycles. The van der Waals surface area contributed by atoms with Gasteiger partial charge >= 0.3 is 6.03 Å². The number of carbonyl (C=O) groups excluding carboxylic acids is 2. The van der Waals surface area contributed by atoms with Crippen molar-refractivity contribution in [2.45, 2.75) is 24.1 Å². The third kappa shape index (κ3) is 3.15. The Balaban J connectivity index is 1.87. The van der Waals surface area contributed by atoms with E-state index in [9.17, 15) is 18.0 Å². The van der Waals surface area contributed by atoms with E-state index in [4.69, 9.17) is 9.68 Å². The summed E-state index contributed by atoms with van der Waals surface area (Å²) in [7, 11) is -1.02. The van der Waals surface area contributed by atoms with E-state index in [-0.39, 0.29) is 17.4 Å². The molecule has 1 aromatic heterocycles. The van der Waals surface area contributed by atoms with Crippen molar-refractivity contribution in [1.82, 2.24) is 14.5 Å². The maximum absolute atomic E-state index is 12.9. The van der Waals surface area contributed by atoms with Gasteiger partial charge in [0.1, 0.15) is 11.3 Å². The Hall–Kier alpha value is -3.16. The van der Waals surface area contributed by atoms with Crippen molar-refractivity contribution in [2.75, 3.05) is 14.1 Å². The number of carbonyl (C=O) groups is 2. The predicted octanol–water partition coefficient (Wildman–Crippen LogP) is 1.37. The minimum Gasteiger partial charge on any atom is -0.446 e. The third-order valence-electron chi connectivity index (χ3n) is 4.53. The molecule has 1 unspecified atom stereocenters. The van der Waals surface area contributed by atoms with Crippen molar-refractivity contribution >= 4 is 22.0 Å². The highest BCUT2D eigenvalue weighted by atomic mass is 32.2. The number of hydrogen-bond donors (Lipinski definition) is 1. The number of urea groups is 1. The van der Waals surface area contributed by atoms with E-state index in [1.165, 1.54) is 32.3 Å². The molecule has 2 heterocycles. The van der Waals surface area contributed by atoms with Crippen LogP contribution in [-0.4, -0.2) is 43.7 Å². The molecule has 0 bridgehead atoms. The van der Waals surface area contributed by atoms with Crippen molar-refractivity contribution in [3.05, 3.63) is 53.3 Å². The van der Waals surface area contributed by atoms with Gasteiger partial charge in [0.25, 0.3) is 15.9 Å². The lowest BCUT2D eigenvalue weighted by Crippen LogP contribution is -2.40. The van der Waals surface area contributed by atoms with Crippen molar-refractivity contribution < 1.29 is 22.4 Å². The first kappa shape index (κ1) is 19.6. The maximum atomic E-state index is 12.9. The zero-order valence-electron chi connectivity index (χ0n) is 15.5. The molecule has 0 radical (unpaired) electrons. The van der Waals surface area contributed by atoms with Crippen molar-refractivity contribution in [3.8, 4) is 6.07 Å². The van der Waals surface area contributed by atoms with E-state index < -0.39 is 27.5 Å². The Labute approximate surface area is 162 Å². The highest BCUT2D eigenvalue weighted by molar-refractivity contribution is 7.88. The van der Waals surface area contributed by atoms with Gasteiger partial charge in [-0.1, -0.05) is 12.1 Å². The molecule has 28 heavy (non-hydrogen) atoms. The predicted molar refractivity (Wildman–Crippen MR) is 97.2 cm³/mol. The average molecular weight is 402 g/mol. The summed E-state index contributed by atoms with van der Waals surface area (Å²) < 4.78 is 30.5. The van der Waals surface area contributed by atoms with E-state index in [1.54, 1.807) is 25.1 Å². The summed E-state index contributed by atoms with van der Waals surface area (Å²) in [5.74, 6) is -0.375. The van der Waals surface area contributed by atoms with Crippen LogP contribution in [0.4, 0.5) is 4.79 Å². The van der Waals surface area contributed by atoms with E-state index in [1.807, 2.05) is 6.07 Å². The van der Waals surface area contributed by atoms with Crippen molar-refractivity contribution in [1.29, 1.82) is 5.26 Å². The largest absolute Gasteiger partial charge is 0.446 e. The number of rotatable bonds is 5. The van der Waals surface area contributed by atoms with Gasteiger partial charge in [-0.05, 0) is 36.8 Å². The molecule has 3 rings (SSSR count). The van der Waals surface area contributed by atoms with E-state index >= 15 is 0 Å². The summed E-state index contributed by atoms with van der Waals surface area (Å²) in [5, 5.41) is 11.4. The lowest BCUT2D eigenvalue weighted by molar-refractivity contribution is -0.131. The number of imide groups is 1. The molecule has 1 aliphatic rings. The van der Waals surface area contributed by atoms with Gasteiger partial charge in [-0.15, -0.1) is 0 Å².